The highest BCUT2D eigenvalue weighted by Crippen LogP contribution is 2.37. The molecule has 1 unspecified atom stereocenters. The van der Waals surface area contributed by atoms with Gasteiger partial charge in [0, 0.05) is 58.1 Å². The minimum atomic E-state index is -0.107. The van der Waals surface area contributed by atoms with Gasteiger partial charge < -0.3 is 10.3 Å². The molecular formula is C29H23FN6O. The lowest BCUT2D eigenvalue weighted by Crippen LogP contribution is -2.13. The van der Waals surface area contributed by atoms with Crippen LogP contribution in [0.2, 0.25) is 0 Å². The van der Waals surface area contributed by atoms with Crippen LogP contribution in [0.25, 0.3) is 44.5 Å². The standard InChI is InChI=1S/C29H23FN6O/c30-20-4-1-3-17(9-20)22-5-2-6-25-23(22)12-26(34-25)27-24-11-19(14-32-28(24)36-35-27)18-10-21(15-31-13-18)33-29(37)16-7-8-16/h1-6,10-17,34H,7-9H2,(H,33,37)(H,32,35,36). The second-order valence-electron chi connectivity index (χ2n) is 9.72. The van der Waals surface area contributed by atoms with E-state index in [0.717, 1.165) is 57.2 Å². The van der Waals surface area contributed by atoms with Crippen LogP contribution in [0.15, 0.2) is 79.0 Å². The fourth-order valence-corrected chi connectivity index (χ4v) is 5.01. The van der Waals surface area contributed by atoms with E-state index in [4.69, 9.17) is 0 Å². The van der Waals surface area contributed by atoms with Gasteiger partial charge in [-0.2, -0.15) is 5.10 Å². The molecule has 0 saturated heterocycles. The molecule has 2 aliphatic rings. The summed E-state index contributed by atoms with van der Waals surface area (Å²) in [4.78, 5) is 24.6. The van der Waals surface area contributed by atoms with E-state index in [-0.39, 0.29) is 23.6 Å². The first-order valence-electron chi connectivity index (χ1n) is 12.4. The molecule has 5 aromatic rings. The van der Waals surface area contributed by atoms with Crippen molar-refractivity contribution in [2.75, 3.05) is 5.32 Å². The van der Waals surface area contributed by atoms with Gasteiger partial charge in [-0.05, 0) is 48.7 Å². The van der Waals surface area contributed by atoms with Crippen molar-refractivity contribution in [2.24, 2.45) is 5.92 Å². The molecule has 8 heteroatoms. The summed E-state index contributed by atoms with van der Waals surface area (Å²) >= 11 is 0. The molecule has 182 valence electrons. The van der Waals surface area contributed by atoms with Gasteiger partial charge in [-0.1, -0.05) is 24.3 Å². The van der Waals surface area contributed by atoms with E-state index in [1.165, 1.54) is 6.08 Å². The Morgan fingerprint density at radius 3 is 2.81 bits per heavy atom. The molecule has 4 heterocycles. The zero-order valence-corrected chi connectivity index (χ0v) is 19.8. The maximum atomic E-state index is 14.0. The maximum Gasteiger partial charge on any atom is 0.227 e. The molecule has 0 aliphatic heterocycles. The maximum absolute atomic E-state index is 14.0. The first-order valence-corrected chi connectivity index (χ1v) is 12.4. The molecule has 1 fully saturated rings. The number of benzene rings is 1. The molecule has 1 saturated carbocycles. The van der Waals surface area contributed by atoms with Crippen LogP contribution in [-0.4, -0.2) is 31.1 Å². The van der Waals surface area contributed by atoms with Crippen molar-refractivity contribution in [1.29, 1.82) is 0 Å². The summed E-state index contributed by atoms with van der Waals surface area (Å²) in [5, 5.41) is 12.4. The zero-order valence-electron chi connectivity index (χ0n) is 19.8. The lowest BCUT2D eigenvalue weighted by molar-refractivity contribution is -0.117. The van der Waals surface area contributed by atoms with Gasteiger partial charge in [-0.15, -0.1) is 0 Å². The molecule has 2 aliphatic carbocycles. The number of halogens is 1. The van der Waals surface area contributed by atoms with Crippen LogP contribution in [0.1, 0.15) is 30.7 Å². The number of pyridine rings is 2. The highest BCUT2D eigenvalue weighted by atomic mass is 19.1. The largest absolute Gasteiger partial charge is 0.353 e. The summed E-state index contributed by atoms with van der Waals surface area (Å²) < 4.78 is 14.0. The number of nitrogens with one attached hydrogen (secondary N) is 3. The predicted molar refractivity (Wildman–Crippen MR) is 141 cm³/mol. The van der Waals surface area contributed by atoms with Crippen LogP contribution in [0, 0.1) is 5.92 Å². The van der Waals surface area contributed by atoms with Crippen LogP contribution >= 0.6 is 0 Å². The number of anilines is 1. The molecule has 1 amide bonds. The number of aromatic amines is 2. The Morgan fingerprint density at radius 2 is 1.95 bits per heavy atom. The number of carbonyl (C=O) groups excluding carboxylic acids is 1. The smallest absolute Gasteiger partial charge is 0.227 e. The topological polar surface area (TPSA) is 99.3 Å². The molecule has 0 spiro atoms. The average molecular weight is 491 g/mol. The van der Waals surface area contributed by atoms with E-state index in [9.17, 15) is 9.18 Å². The Bertz CT molecular complexity index is 1740. The molecule has 0 bridgehead atoms. The number of rotatable bonds is 5. The molecule has 7 rings (SSSR count). The van der Waals surface area contributed by atoms with Gasteiger partial charge in [-0.25, -0.2) is 9.37 Å². The van der Waals surface area contributed by atoms with Crippen molar-refractivity contribution in [1.82, 2.24) is 25.1 Å². The van der Waals surface area contributed by atoms with Crippen LogP contribution in [0.5, 0.6) is 0 Å². The summed E-state index contributed by atoms with van der Waals surface area (Å²) in [6.07, 6.45) is 12.8. The van der Waals surface area contributed by atoms with E-state index in [0.29, 0.717) is 17.8 Å². The number of amides is 1. The molecule has 3 N–H and O–H groups in total. The fourth-order valence-electron chi connectivity index (χ4n) is 5.01. The SMILES string of the molecule is O=C(Nc1cncc(-c2cnc3n[nH]c(-c4cc5c(C6C=CC=C(F)C6)cccc5[nH]4)c3c2)c1)C1CC1. The number of hydrogen-bond acceptors (Lipinski definition) is 4. The van der Waals surface area contributed by atoms with Crippen LogP contribution in [0.3, 0.4) is 0 Å². The van der Waals surface area contributed by atoms with Gasteiger partial charge in [0.15, 0.2) is 5.65 Å². The summed E-state index contributed by atoms with van der Waals surface area (Å²) in [5.41, 5.74) is 6.76. The Labute approximate surface area is 211 Å². The van der Waals surface area contributed by atoms with Crippen molar-refractivity contribution in [3.8, 4) is 22.5 Å². The zero-order chi connectivity index (χ0) is 24.9. The quantitative estimate of drug-likeness (QED) is 0.265. The average Bonchev–Trinajstić information content (AvgIpc) is 3.55. The Morgan fingerprint density at radius 1 is 1.05 bits per heavy atom. The van der Waals surface area contributed by atoms with Crippen molar-refractivity contribution in [3.63, 3.8) is 0 Å². The van der Waals surface area contributed by atoms with E-state index in [2.05, 4.69) is 42.6 Å². The monoisotopic (exact) mass is 490 g/mol. The second kappa shape index (κ2) is 8.51. The summed E-state index contributed by atoms with van der Waals surface area (Å²) in [6, 6.07) is 12.1. The summed E-state index contributed by atoms with van der Waals surface area (Å²) in [7, 11) is 0. The van der Waals surface area contributed by atoms with Crippen LogP contribution in [-0.2, 0) is 4.79 Å². The number of H-pyrrole nitrogens is 2. The number of fused-ring (bicyclic) bond motifs is 2. The molecule has 1 aromatic carbocycles. The normalized spacial score (nSPS) is 17.3. The van der Waals surface area contributed by atoms with E-state index >= 15 is 0 Å². The van der Waals surface area contributed by atoms with Gasteiger partial charge in [0.05, 0.1) is 23.3 Å². The Hall–Kier alpha value is -4.59. The van der Waals surface area contributed by atoms with E-state index in [1.54, 1.807) is 24.7 Å². The first-order chi connectivity index (χ1) is 18.1. The van der Waals surface area contributed by atoms with E-state index in [1.807, 2.05) is 30.3 Å². The third kappa shape index (κ3) is 4.00. The molecule has 7 nitrogen and oxygen atoms in total. The molecule has 1 atom stereocenters. The molecule has 0 radical (unpaired) electrons. The number of hydrogen-bond donors (Lipinski definition) is 3. The third-order valence-corrected chi connectivity index (χ3v) is 7.10. The highest BCUT2D eigenvalue weighted by molar-refractivity contribution is 5.97. The highest BCUT2D eigenvalue weighted by Gasteiger charge is 2.29. The van der Waals surface area contributed by atoms with Crippen molar-refractivity contribution in [2.45, 2.75) is 25.2 Å². The predicted octanol–water partition coefficient (Wildman–Crippen LogP) is 6.41. The summed E-state index contributed by atoms with van der Waals surface area (Å²) in [6.45, 7) is 0. The Kier molecular flexibility index (Phi) is 4.99. The van der Waals surface area contributed by atoms with Crippen molar-refractivity contribution < 1.29 is 9.18 Å². The van der Waals surface area contributed by atoms with E-state index < -0.39 is 0 Å². The van der Waals surface area contributed by atoms with Gasteiger partial charge >= 0.3 is 0 Å². The number of aromatic nitrogens is 5. The van der Waals surface area contributed by atoms with Crippen LogP contribution in [0.4, 0.5) is 10.1 Å². The third-order valence-electron chi connectivity index (χ3n) is 7.10. The summed E-state index contributed by atoms with van der Waals surface area (Å²) in [5.74, 6) is 0.0512. The van der Waals surface area contributed by atoms with Gasteiger partial charge in [0.25, 0.3) is 0 Å². The second-order valence-corrected chi connectivity index (χ2v) is 9.72. The Balaban J connectivity index is 1.26. The van der Waals surface area contributed by atoms with Gasteiger partial charge in [0.2, 0.25) is 5.91 Å². The lowest BCUT2D eigenvalue weighted by atomic mass is 9.90. The minimum absolute atomic E-state index is 0.00990. The number of allylic oxidation sites excluding steroid dienone is 4. The molecule has 4 aromatic heterocycles. The van der Waals surface area contributed by atoms with Crippen LogP contribution < -0.4 is 5.32 Å². The van der Waals surface area contributed by atoms with Gasteiger partial charge in [-0.3, -0.25) is 14.9 Å². The lowest BCUT2D eigenvalue weighted by Gasteiger charge is -2.15. The minimum Gasteiger partial charge on any atom is -0.353 e. The number of carbonyl (C=O) groups is 1. The molecular weight excluding hydrogens is 467 g/mol. The first kappa shape index (κ1) is 21.7. The number of nitrogens with zero attached hydrogens (tertiary/aromatic N) is 3. The van der Waals surface area contributed by atoms with Crippen molar-refractivity contribution >= 4 is 33.5 Å². The van der Waals surface area contributed by atoms with Gasteiger partial charge in [0.1, 0.15) is 5.83 Å². The fraction of sp³-hybridized carbons (Fsp3) is 0.172. The van der Waals surface area contributed by atoms with Crippen molar-refractivity contribution in [3.05, 3.63) is 84.6 Å². The molecule has 37 heavy (non-hydrogen) atoms.